The van der Waals surface area contributed by atoms with Gasteiger partial charge in [-0.15, -0.1) is 0 Å². The molecule has 1 aliphatic heterocycles. The number of hydrogen-bond acceptors (Lipinski definition) is 3. The topological polar surface area (TPSA) is 90.0 Å². The van der Waals surface area contributed by atoms with Crippen LogP contribution in [-0.4, -0.2) is 65.5 Å². The van der Waals surface area contributed by atoms with E-state index in [1.54, 1.807) is 9.80 Å². The van der Waals surface area contributed by atoms with Crippen molar-refractivity contribution in [3.8, 4) is 0 Å². The zero-order valence-electron chi connectivity index (χ0n) is 11.7. The van der Waals surface area contributed by atoms with Gasteiger partial charge in [0.25, 0.3) is 0 Å². The Hall–Kier alpha value is -1.79. The fraction of sp³-hybridized carbons (Fsp3) is 0.769. The van der Waals surface area contributed by atoms with Crippen molar-refractivity contribution in [2.24, 2.45) is 5.41 Å². The van der Waals surface area contributed by atoms with Crippen LogP contribution in [0.15, 0.2) is 0 Å². The summed E-state index contributed by atoms with van der Waals surface area (Å²) in [6.45, 7) is 4.00. The first-order chi connectivity index (χ1) is 9.44. The average Bonchev–Trinajstić information content (AvgIpc) is 3.20. The Morgan fingerprint density at radius 3 is 2.25 bits per heavy atom. The van der Waals surface area contributed by atoms with Gasteiger partial charge in [-0.05, 0) is 19.3 Å². The molecule has 2 N–H and O–H groups in total. The van der Waals surface area contributed by atoms with Gasteiger partial charge in [0.05, 0.1) is 5.41 Å². The second-order valence-corrected chi connectivity index (χ2v) is 5.59. The third-order valence-electron chi connectivity index (χ3n) is 4.11. The van der Waals surface area contributed by atoms with E-state index in [0.29, 0.717) is 39.0 Å². The van der Waals surface area contributed by atoms with Crippen LogP contribution in [0.5, 0.6) is 0 Å². The molecule has 7 nitrogen and oxygen atoms in total. The van der Waals surface area contributed by atoms with Gasteiger partial charge in [0, 0.05) is 39.6 Å². The van der Waals surface area contributed by atoms with Gasteiger partial charge in [-0.25, -0.2) is 4.79 Å². The highest BCUT2D eigenvalue weighted by molar-refractivity contribution is 5.80. The van der Waals surface area contributed by atoms with Crippen molar-refractivity contribution in [1.29, 1.82) is 0 Å². The summed E-state index contributed by atoms with van der Waals surface area (Å²) in [6, 6.07) is -0.233. The minimum atomic E-state index is -0.837. The van der Waals surface area contributed by atoms with Gasteiger partial charge in [-0.1, -0.05) is 0 Å². The number of amides is 3. The molecule has 0 aromatic rings. The number of hydrogen-bond donors (Lipinski definition) is 2. The van der Waals surface area contributed by atoms with E-state index in [4.69, 9.17) is 5.11 Å². The molecular formula is C13H21N3O4. The highest BCUT2D eigenvalue weighted by Gasteiger charge is 2.50. The molecule has 2 rings (SSSR count). The van der Waals surface area contributed by atoms with E-state index in [1.165, 1.54) is 6.92 Å². The Bertz CT molecular complexity index is 420. The molecule has 2 fully saturated rings. The molecule has 2 aliphatic rings. The monoisotopic (exact) mass is 283 g/mol. The van der Waals surface area contributed by atoms with Crippen LogP contribution in [0.3, 0.4) is 0 Å². The van der Waals surface area contributed by atoms with Gasteiger partial charge in [0.1, 0.15) is 0 Å². The molecule has 1 saturated heterocycles. The van der Waals surface area contributed by atoms with E-state index in [0.717, 1.165) is 6.42 Å². The first-order valence-corrected chi connectivity index (χ1v) is 6.96. The Morgan fingerprint density at radius 2 is 1.70 bits per heavy atom. The van der Waals surface area contributed by atoms with Gasteiger partial charge in [0.2, 0.25) is 5.91 Å². The van der Waals surface area contributed by atoms with Crippen molar-refractivity contribution < 1.29 is 19.5 Å². The number of urea groups is 1. The summed E-state index contributed by atoms with van der Waals surface area (Å²) in [5.74, 6) is -0.813. The second-order valence-electron chi connectivity index (χ2n) is 5.59. The minimum Gasteiger partial charge on any atom is -0.481 e. The first-order valence-electron chi connectivity index (χ1n) is 6.96. The molecule has 1 saturated carbocycles. The van der Waals surface area contributed by atoms with Crippen LogP contribution in [0.1, 0.15) is 26.2 Å². The SMILES string of the molecule is CC(=O)N1CCCN(C(=O)NCC2(C(=O)O)CC2)CC1. The average molecular weight is 283 g/mol. The lowest BCUT2D eigenvalue weighted by Crippen LogP contribution is -2.45. The number of nitrogens with zero attached hydrogens (tertiary/aromatic N) is 2. The van der Waals surface area contributed by atoms with E-state index in [2.05, 4.69) is 5.32 Å². The summed E-state index contributed by atoms with van der Waals surface area (Å²) in [4.78, 5) is 37.8. The number of aliphatic carboxylic acids is 1. The van der Waals surface area contributed by atoms with Crippen LogP contribution in [0.25, 0.3) is 0 Å². The van der Waals surface area contributed by atoms with Gasteiger partial charge < -0.3 is 20.2 Å². The molecule has 20 heavy (non-hydrogen) atoms. The van der Waals surface area contributed by atoms with E-state index < -0.39 is 11.4 Å². The number of carboxylic acid groups (broad SMARTS) is 1. The third kappa shape index (κ3) is 3.20. The molecule has 3 amide bonds. The molecule has 112 valence electrons. The maximum Gasteiger partial charge on any atom is 0.317 e. The molecule has 7 heteroatoms. The fourth-order valence-corrected chi connectivity index (χ4v) is 2.41. The molecule has 0 aromatic heterocycles. The van der Waals surface area contributed by atoms with Crippen LogP contribution < -0.4 is 5.32 Å². The van der Waals surface area contributed by atoms with E-state index >= 15 is 0 Å². The van der Waals surface area contributed by atoms with Crippen molar-refractivity contribution in [3.63, 3.8) is 0 Å². The van der Waals surface area contributed by atoms with Gasteiger partial charge >= 0.3 is 12.0 Å². The van der Waals surface area contributed by atoms with Gasteiger partial charge in [0.15, 0.2) is 0 Å². The molecule has 1 aliphatic carbocycles. The van der Waals surface area contributed by atoms with Crippen molar-refractivity contribution >= 4 is 17.9 Å². The number of carbonyl (C=O) groups is 3. The molecule has 0 radical (unpaired) electrons. The van der Waals surface area contributed by atoms with Crippen LogP contribution in [0, 0.1) is 5.41 Å². The van der Waals surface area contributed by atoms with E-state index in [9.17, 15) is 14.4 Å². The molecule has 0 bridgehead atoms. The predicted octanol–water partition coefficient (Wildman–Crippen LogP) is 0.115. The van der Waals surface area contributed by atoms with Crippen molar-refractivity contribution in [1.82, 2.24) is 15.1 Å². The Labute approximate surface area is 117 Å². The Morgan fingerprint density at radius 1 is 1.10 bits per heavy atom. The third-order valence-corrected chi connectivity index (χ3v) is 4.11. The van der Waals surface area contributed by atoms with Gasteiger partial charge in [-0.3, -0.25) is 9.59 Å². The van der Waals surface area contributed by atoms with E-state index in [1.807, 2.05) is 0 Å². The van der Waals surface area contributed by atoms with Gasteiger partial charge in [-0.2, -0.15) is 0 Å². The molecule has 1 heterocycles. The molecule has 0 spiro atoms. The summed E-state index contributed by atoms with van der Waals surface area (Å²) in [6.07, 6.45) is 2.00. The Kier molecular flexibility index (Phi) is 4.15. The quantitative estimate of drug-likeness (QED) is 0.769. The standard InChI is InChI=1S/C13H21N3O4/c1-10(17)15-5-2-6-16(8-7-15)12(20)14-9-13(3-4-13)11(18)19/h2-9H2,1H3,(H,14,20)(H,18,19). The van der Waals surface area contributed by atoms with Crippen LogP contribution in [0.4, 0.5) is 4.79 Å². The summed E-state index contributed by atoms with van der Waals surface area (Å²) in [5.41, 5.74) is -0.743. The second kappa shape index (κ2) is 5.68. The fourth-order valence-electron chi connectivity index (χ4n) is 2.41. The summed E-state index contributed by atoms with van der Waals surface area (Å²) >= 11 is 0. The molecule has 0 aromatic carbocycles. The maximum atomic E-state index is 12.0. The molecule has 0 unspecified atom stereocenters. The Balaban J connectivity index is 1.81. The zero-order chi connectivity index (χ0) is 14.8. The number of carboxylic acids is 1. The normalized spacial score (nSPS) is 21.1. The lowest BCUT2D eigenvalue weighted by Gasteiger charge is -2.22. The summed E-state index contributed by atoms with van der Waals surface area (Å²) in [5, 5.41) is 11.8. The van der Waals surface area contributed by atoms with Crippen molar-refractivity contribution in [3.05, 3.63) is 0 Å². The highest BCUT2D eigenvalue weighted by atomic mass is 16.4. The van der Waals surface area contributed by atoms with Crippen LogP contribution in [-0.2, 0) is 9.59 Å². The van der Waals surface area contributed by atoms with Crippen LogP contribution in [0.2, 0.25) is 0 Å². The maximum absolute atomic E-state index is 12.0. The minimum absolute atomic E-state index is 0.0232. The number of rotatable bonds is 3. The molecular weight excluding hydrogens is 262 g/mol. The highest BCUT2D eigenvalue weighted by Crippen LogP contribution is 2.45. The van der Waals surface area contributed by atoms with Crippen molar-refractivity contribution in [2.75, 3.05) is 32.7 Å². The van der Waals surface area contributed by atoms with E-state index in [-0.39, 0.29) is 18.5 Å². The van der Waals surface area contributed by atoms with Crippen molar-refractivity contribution in [2.45, 2.75) is 26.2 Å². The lowest BCUT2D eigenvalue weighted by molar-refractivity contribution is -0.143. The first kappa shape index (κ1) is 14.6. The number of carbonyl (C=O) groups excluding carboxylic acids is 2. The predicted molar refractivity (Wildman–Crippen MR) is 71.1 cm³/mol. The lowest BCUT2D eigenvalue weighted by atomic mass is 10.1. The summed E-state index contributed by atoms with van der Waals surface area (Å²) in [7, 11) is 0. The van der Waals surface area contributed by atoms with Crippen LogP contribution >= 0.6 is 0 Å². The number of nitrogens with one attached hydrogen (secondary N) is 1. The molecule has 0 atom stereocenters. The zero-order valence-corrected chi connectivity index (χ0v) is 11.7. The largest absolute Gasteiger partial charge is 0.481 e. The summed E-state index contributed by atoms with van der Waals surface area (Å²) < 4.78 is 0. The smallest absolute Gasteiger partial charge is 0.317 e.